The molecule has 2 heterocycles. The first kappa shape index (κ1) is 16.0. The molecular formula is C16H20N2O4S. The molecule has 0 spiro atoms. The lowest BCUT2D eigenvalue weighted by atomic mass is 10.1. The number of sulfone groups is 1. The first-order valence-corrected chi connectivity index (χ1v) is 9.48. The number of carbonyl (C=O) groups is 1. The van der Waals surface area contributed by atoms with E-state index >= 15 is 0 Å². The highest BCUT2D eigenvalue weighted by Gasteiger charge is 2.32. The van der Waals surface area contributed by atoms with Gasteiger partial charge in [0.2, 0.25) is 5.91 Å². The van der Waals surface area contributed by atoms with Crippen molar-refractivity contribution in [3.8, 4) is 0 Å². The van der Waals surface area contributed by atoms with Crippen molar-refractivity contribution in [3.05, 3.63) is 29.7 Å². The summed E-state index contributed by atoms with van der Waals surface area (Å²) in [4.78, 5) is 18.2. The van der Waals surface area contributed by atoms with Crippen molar-refractivity contribution in [2.75, 3.05) is 18.6 Å². The van der Waals surface area contributed by atoms with Crippen LogP contribution in [0.25, 0.3) is 11.1 Å². The molecule has 1 aliphatic heterocycles. The van der Waals surface area contributed by atoms with Crippen molar-refractivity contribution in [1.82, 2.24) is 9.88 Å². The van der Waals surface area contributed by atoms with Gasteiger partial charge in [-0.1, -0.05) is 6.07 Å². The van der Waals surface area contributed by atoms with Gasteiger partial charge in [0, 0.05) is 26.4 Å². The van der Waals surface area contributed by atoms with Crippen molar-refractivity contribution in [2.45, 2.75) is 32.2 Å². The van der Waals surface area contributed by atoms with Crippen molar-refractivity contribution >= 4 is 26.8 Å². The standard InChI is InChI=1S/C16H20N2O4S/c1-11-17-14-9-12(3-5-15(14)22-11)4-6-16(19)18(2)13-7-8-23(20,21)10-13/h3,5,9,13H,4,6-8,10H2,1-2H3. The van der Waals surface area contributed by atoms with Crippen LogP contribution in [0.15, 0.2) is 22.6 Å². The monoisotopic (exact) mass is 336 g/mol. The zero-order valence-corrected chi connectivity index (χ0v) is 14.1. The molecule has 1 aromatic carbocycles. The second kappa shape index (κ2) is 5.96. The molecule has 1 amide bonds. The van der Waals surface area contributed by atoms with Gasteiger partial charge in [0.25, 0.3) is 0 Å². The topological polar surface area (TPSA) is 80.5 Å². The molecule has 1 fully saturated rings. The Kier molecular flexibility index (Phi) is 4.14. The molecule has 0 bridgehead atoms. The van der Waals surface area contributed by atoms with Crippen molar-refractivity contribution in [1.29, 1.82) is 0 Å². The van der Waals surface area contributed by atoms with E-state index < -0.39 is 9.84 Å². The van der Waals surface area contributed by atoms with E-state index in [1.54, 1.807) is 18.9 Å². The fraction of sp³-hybridized carbons (Fsp3) is 0.500. The summed E-state index contributed by atoms with van der Waals surface area (Å²) >= 11 is 0. The van der Waals surface area contributed by atoms with Crippen LogP contribution >= 0.6 is 0 Å². The number of nitrogens with zero attached hydrogens (tertiary/aromatic N) is 2. The van der Waals surface area contributed by atoms with E-state index in [-0.39, 0.29) is 23.5 Å². The Bertz CT molecular complexity index is 841. The SMILES string of the molecule is Cc1nc2cc(CCC(=O)N(C)C3CCS(=O)(=O)C3)ccc2o1. The van der Waals surface area contributed by atoms with Gasteiger partial charge in [-0.15, -0.1) is 0 Å². The predicted molar refractivity (Wildman–Crippen MR) is 86.9 cm³/mol. The number of rotatable bonds is 4. The van der Waals surface area contributed by atoms with Crippen molar-refractivity contribution in [2.24, 2.45) is 0 Å². The number of aromatic nitrogens is 1. The summed E-state index contributed by atoms with van der Waals surface area (Å²) in [5.74, 6) is 0.857. The van der Waals surface area contributed by atoms with Gasteiger partial charge >= 0.3 is 0 Å². The first-order chi connectivity index (χ1) is 10.8. The molecule has 0 radical (unpaired) electrons. The van der Waals surface area contributed by atoms with Gasteiger partial charge in [-0.2, -0.15) is 0 Å². The quantitative estimate of drug-likeness (QED) is 0.849. The molecule has 23 heavy (non-hydrogen) atoms. The second-order valence-corrected chi connectivity index (χ2v) is 8.33. The molecule has 0 N–H and O–H groups in total. The van der Waals surface area contributed by atoms with E-state index in [0.29, 0.717) is 25.2 Å². The lowest BCUT2D eigenvalue weighted by molar-refractivity contribution is -0.131. The van der Waals surface area contributed by atoms with Gasteiger partial charge in [0.05, 0.1) is 11.5 Å². The number of hydrogen-bond acceptors (Lipinski definition) is 5. The summed E-state index contributed by atoms with van der Waals surface area (Å²) in [6.07, 6.45) is 1.49. The maximum absolute atomic E-state index is 12.3. The largest absolute Gasteiger partial charge is 0.441 e. The van der Waals surface area contributed by atoms with Gasteiger partial charge in [-0.3, -0.25) is 4.79 Å². The Morgan fingerprint density at radius 2 is 2.22 bits per heavy atom. The van der Waals surface area contributed by atoms with Crippen LogP contribution in [0.4, 0.5) is 0 Å². The van der Waals surface area contributed by atoms with E-state index in [0.717, 1.165) is 16.7 Å². The molecule has 124 valence electrons. The molecule has 3 rings (SSSR count). The average molecular weight is 336 g/mol. The zero-order valence-electron chi connectivity index (χ0n) is 13.3. The maximum Gasteiger partial charge on any atom is 0.222 e. The fourth-order valence-corrected chi connectivity index (χ4v) is 4.73. The summed E-state index contributed by atoms with van der Waals surface area (Å²) in [5, 5.41) is 0. The average Bonchev–Trinajstić information content (AvgIpc) is 3.04. The Labute approximate surface area is 135 Å². The van der Waals surface area contributed by atoms with Gasteiger partial charge < -0.3 is 9.32 Å². The van der Waals surface area contributed by atoms with E-state index in [9.17, 15) is 13.2 Å². The molecular weight excluding hydrogens is 316 g/mol. The highest BCUT2D eigenvalue weighted by molar-refractivity contribution is 7.91. The summed E-state index contributed by atoms with van der Waals surface area (Å²) in [7, 11) is -1.28. The number of amides is 1. The Morgan fingerprint density at radius 3 is 2.91 bits per heavy atom. The smallest absolute Gasteiger partial charge is 0.222 e. The molecule has 1 saturated heterocycles. The number of carbonyl (C=O) groups excluding carboxylic acids is 1. The van der Waals surface area contributed by atoms with Crippen LogP contribution in [0.5, 0.6) is 0 Å². The van der Waals surface area contributed by atoms with Crippen molar-refractivity contribution < 1.29 is 17.6 Å². The Hall–Kier alpha value is -1.89. The zero-order chi connectivity index (χ0) is 16.6. The van der Waals surface area contributed by atoms with E-state index in [1.165, 1.54) is 0 Å². The highest BCUT2D eigenvalue weighted by atomic mass is 32.2. The number of benzene rings is 1. The lowest BCUT2D eigenvalue weighted by Crippen LogP contribution is -2.37. The molecule has 1 unspecified atom stereocenters. The van der Waals surface area contributed by atoms with Crippen molar-refractivity contribution in [3.63, 3.8) is 0 Å². The van der Waals surface area contributed by atoms with E-state index in [2.05, 4.69) is 4.98 Å². The summed E-state index contributed by atoms with van der Waals surface area (Å²) < 4.78 is 28.5. The maximum atomic E-state index is 12.3. The number of oxazole rings is 1. The minimum atomic E-state index is -2.98. The summed E-state index contributed by atoms with van der Waals surface area (Å²) in [6.45, 7) is 1.80. The molecule has 7 heteroatoms. The van der Waals surface area contributed by atoms with Gasteiger partial charge in [-0.05, 0) is 30.5 Å². The molecule has 0 saturated carbocycles. The molecule has 1 aromatic heterocycles. The second-order valence-electron chi connectivity index (χ2n) is 6.10. The first-order valence-electron chi connectivity index (χ1n) is 7.66. The van der Waals surface area contributed by atoms with Crippen LogP contribution in [0.1, 0.15) is 24.3 Å². The van der Waals surface area contributed by atoms with E-state index in [1.807, 2.05) is 18.2 Å². The Balaban J connectivity index is 1.61. The number of fused-ring (bicyclic) bond motifs is 1. The summed E-state index contributed by atoms with van der Waals surface area (Å²) in [5.41, 5.74) is 2.56. The third kappa shape index (κ3) is 3.55. The number of aryl methyl sites for hydroxylation is 2. The van der Waals surface area contributed by atoms with Gasteiger partial charge in [0.1, 0.15) is 5.52 Å². The van der Waals surface area contributed by atoms with Crippen LogP contribution in [-0.2, 0) is 21.1 Å². The normalized spacial score (nSPS) is 20.0. The van der Waals surface area contributed by atoms with Gasteiger partial charge in [0.15, 0.2) is 21.3 Å². The van der Waals surface area contributed by atoms with Crippen LogP contribution in [-0.4, -0.2) is 48.8 Å². The van der Waals surface area contributed by atoms with Crippen LogP contribution < -0.4 is 0 Å². The molecule has 1 atom stereocenters. The molecule has 0 aliphatic carbocycles. The fourth-order valence-electron chi connectivity index (χ4n) is 2.96. The lowest BCUT2D eigenvalue weighted by Gasteiger charge is -2.23. The molecule has 2 aromatic rings. The number of hydrogen-bond donors (Lipinski definition) is 0. The summed E-state index contributed by atoms with van der Waals surface area (Å²) in [6, 6.07) is 5.54. The molecule has 6 nitrogen and oxygen atoms in total. The van der Waals surface area contributed by atoms with Gasteiger partial charge in [-0.25, -0.2) is 13.4 Å². The van der Waals surface area contributed by atoms with E-state index in [4.69, 9.17) is 4.42 Å². The van der Waals surface area contributed by atoms with Crippen LogP contribution in [0.2, 0.25) is 0 Å². The predicted octanol–water partition coefficient (Wildman–Crippen LogP) is 1.71. The third-order valence-corrected chi connectivity index (χ3v) is 6.09. The third-order valence-electron chi connectivity index (χ3n) is 4.34. The minimum Gasteiger partial charge on any atom is -0.441 e. The minimum absolute atomic E-state index is 0.0245. The van der Waals surface area contributed by atoms with Crippen LogP contribution in [0, 0.1) is 6.92 Å². The molecule has 1 aliphatic rings. The highest BCUT2D eigenvalue weighted by Crippen LogP contribution is 2.20. The Morgan fingerprint density at radius 1 is 1.43 bits per heavy atom. The van der Waals surface area contributed by atoms with Crippen LogP contribution in [0.3, 0.4) is 0 Å².